The number of amides is 1. The van der Waals surface area contributed by atoms with E-state index in [1.54, 1.807) is 13.1 Å². The van der Waals surface area contributed by atoms with Gasteiger partial charge in [0.15, 0.2) is 5.96 Å². The van der Waals surface area contributed by atoms with Crippen LogP contribution in [0.1, 0.15) is 18.4 Å². The van der Waals surface area contributed by atoms with Crippen LogP contribution in [-0.4, -0.2) is 38.6 Å². The van der Waals surface area contributed by atoms with Crippen molar-refractivity contribution in [1.29, 1.82) is 0 Å². The van der Waals surface area contributed by atoms with Gasteiger partial charge in [0, 0.05) is 26.6 Å². The van der Waals surface area contributed by atoms with Crippen molar-refractivity contribution in [3.63, 3.8) is 0 Å². The summed E-state index contributed by atoms with van der Waals surface area (Å²) in [5.74, 6) is 1.41. The number of rotatable bonds is 9. The van der Waals surface area contributed by atoms with Crippen molar-refractivity contribution in [3.05, 3.63) is 59.1 Å². The van der Waals surface area contributed by atoms with Crippen LogP contribution < -0.4 is 20.7 Å². The highest BCUT2D eigenvalue weighted by Gasteiger charge is 2.06. The maximum Gasteiger partial charge on any atom is 0.226 e. The van der Waals surface area contributed by atoms with Crippen LogP contribution in [0.4, 0.5) is 5.69 Å². The average Bonchev–Trinajstić information content (AvgIpc) is 2.69. The number of nitrogens with one attached hydrogen (secondary N) is 3. The molecule has 3 N–H and O–H groups in total. The smallest absolute Gasteiger partial charge is 0.226 e. The van der Waals surface area contributed by atoms with Crippen molar-refractivity contribution < 1.29 is 9.53 Å². The third-order valence-corrected chi connectivity index (χ3v) is 4.20. The molecule has 28 heavy (non-hydrogen) atoms. The number of anilines is 1. The fraction of sp³-hybridized carbons (Fsp3) is 0.333. The maximum atomic E-state index is 12.1. The lowest BCUT2D eigenvalue weighted by molar-refractivity contribution is -0.116. The summed E-state index contributed by atoms with van der Waals surface area (Å²) < 4.78 is 5.64. The summed E-state index contributed by atoms with van der Waals surface area (Å²) in [4.78, 5) is 16.2. The van der Waals surface area contributed by atoms with Gasteiger partial charge in [0.1, 0.15) is 5.75 Å². The summed E-state index contributed by atoms with van der Waals surface area (Å²) in [5.41, 5.74) is 1.67. The van der Waals surface area contributed by atoms with Crippen molar-refractivity contribution in [2.75, 3.05) is 32.1 Å². The zero-order valence-corrected chi connectivity index (χ0v) is 17.1. The molecule has 0 bridgehead atoms. The second kappa shape index (κ2) is 11.9. The van der Waals surface area contributed by atoms with E-state index >= 15 is 0 Å². The van der Waals surface area contributed by atoms with Gasteiger partial charge >= 0.3 is 0 Å². The Kier molecular flexibility index (Phi) is 9.15. The summed E-state index contributed by atoms with van der Waals surface area (Å²) in [6.07, 6.45) is 1.14. The minimum atomic E-state index is -0.107. The molecule has 2 aromatic rings. The molecule has 0 spiro atoms. The van der Waals surface area contributed by atoms with E-state index in [2.05, 4.69) is 20.9 Å². The summed E-state index contributed by atoms with van der Waals surface area (Å²) in [5, 5.41) is 9.68. The minimum Gasteiger partial charge on any atom is -0.494 e. The van der Waals surface area contributed by atoms with Gasteiger partial charge in [-0.05, 0) is 43.2 Å². The zero-order valence-electron chi connectivity index (χ0n) is 16.3. The van der Waals surface area contributed by atoms with Crippen LogP contribution in [0, 0.1) is 6.92 Å². The third kappa shape index (κ3) is 7.88. The Bertz CT molecular complexity index is 781. The molecule has 0 heterocycles. The van der Waals surface area contributed by atoms with Gasteiger partial charge in [-0.2, -0.15) is 0 Å². The lowest BCUT2D eigenvalue weighted by Crippen LogP contribution is -2.39. The van der Waals surface area contributed by atoms with Crippen molar-refractivity contribution in [1.82, 2.24) is 10.6 Å². The Balaban J connectivity index is 1.60. The number of hydrogen-bond acceptors (Lipinski definition) is 3. The topological polar surface area (TPSA) is 74.8 Å². The molecule has 2 aromatic carbocycles. The molecule has 150 valence electrons. The minimum absolute atomic E-state index is 0.107. The monoisotopic (exact) mass is 402 g/mol. The average molecular weight is 403 g/mol. The molecule has 0 fully saturated rings. The molecule has 0 unspecified atom stereocenters. The number of aryl methyl sites for hydroxylation is 1. The fourth-order valence-corrected chi connectivity index (χ4v) is 2.72. The van der Waals surface area contributed by atoms with E-state index in [0.29, 0.717) is 36.2 Å². The number of ether oxygens (including phenoxy) is 1. The largest absolute Gasteiger partial charge is 0.494 e. The third-order valence-electron chi connectivity index (χ3n) is 3.89. The summed E-state index contributed by atoms with van der Waals surface area (Å²) in [6.45, 7) is 3.76. The normalized spacial score (nSPS) is 11.0. The maximum absolute atomic E-state index is 12.1. The van der Waals surface area contributed by atoms with E-state index in [-0.39, 0.29) is 5.91 Å². The van der Waals surface area contributed by atoms with Crippen molar-refractivity contribution >= 4 is 29.2 Å². The van der Waals surface area contributed by atoms with Gasteiger partial charge in [-0.25, -0.2) is 0 Å². The van der Waals surface area contributed by atoms with Crippen molar-refractivity contribution in [3.8, 4) is 5.75 Å². The quantitative estimate of drug-likeness (QED) is 0.340. The molecule has 2 rings (SSSR count). The Morgan fingerprint density at radius 3 is 2.57 bits per heavy atom. The summed E-state index contributed by atoms with van der Waals surface area (Å²) in [6, 6.07) is 15.3. The van der Waals surface area contributed by atoms with E-state index in [0.717, 1.165) is 24.3 Å². The number of guanidine groups is 1. The van der Waals surface area contributed by atoms with Gasteiger partial charge in [0.2, 0.25) is 5.91 Å². The molecule has 0 aromatic heterocycles. The van der Waals surface area contributed by atoms with Crippen LogP contribution in [0.25, 0.3) is 0 Å². The molecule has 0 saturated carbocycles. The second-order valence-corrected chi connectivity index (χ2v) is 6.63. The molecule has 7 heteroatoms. The second-order valence-electron chi connectivity index (χ2n) is 6.22. The number of carbonyl (C=O) groups is 1. The summed E-state index contributed by atoms with van der Waals surface area (Å²) in [7, 11) is 1.70. The van der Waals surface area contributed by atoms with Gasteiger partial charge in [0.25, 0.3) is 0 Å². The molecule has 0 aliphatic heterocycles. The first-order valence-electron chi connectivity index (χ1n) is 9.27. The molecule has 0 saturated heterocycles. The molecule has 0 aliphatic carbocycles. The number of nitrogens with zero attached hydrogens (tertiary/aromatic N) is 1. The molecular formula is C21H27ClN4O2. The highest BCUT2D eigenvalue weighted by atomic mass is 35.5. The number of carbonyl (C=O) groups excluding carboxylic acids is 1. The Morgan fingerprint density at radius 1 is 1.11 bits per heavy atom. The van der Waals surface area contributed by atoms with Gasteiger partial charge in [-0.3, -0.25) is 9.79 Å². The van der Waals surface area contributed by atoms with E-state index in [4.69, 9.17) is 16.3 Å². The van der Waals surface area contributed by atoms with Gasteiger partial charge in [-0.1, -0.05) is 35.9 Å². The zero-order chi connectivity index (χ0) is 20.2. The van der Waals surface area contributed by atoms with Crippen LogP contribution in [-0.2, 0) is 4.79 Å². The lowest BCUT2D eigenvalue weighted by Gasteiger charge is -2.12. The van der Waals surface area contributed by atoms with Crippen LogP contribution >= 0.6 is 11.6 Å². The van der Waals surface area contributed by atoms with Gasteiger partial charge < -0.3 is 20.7 Å². The highest BCUT2D eigenvalue weighted by Crippen LogP contribution is 2.22. The first-order chi connectivity index (χ1) is 13.6. The summed E-state index contributed by atoms with van der Waals surface area (Å²) >= 11 is 6.13. The number of para-hydroxylation sites is 1. The van der Waals surface area contributed by atoms with Crippen LogP contribution in [0.3, 0.4) is 0 Å². The van der Waals surface area contributed by atoms with Crippen molar-refractivity contribution in [2.45, 2.75) is 19.8 Å². The number of aliphatic imine (C=N–C) groups is 1. The first-order valence-corrected chi connectivity index (χ1v) is 9.64. The Hall–Kier alpha value is -2.73. The highest BCUT2D eigenvalue weighted by molar-refractivity contribution is 6.33. The Labute approximate surface area is 171 Å². The predicted molar refractivity (Wildman–Crippen MR) is 115 cm³/mol. The van der Waals surface area contributed by atoms with E-state index < -0.39 is 0 Å². The number of halogens is 1. The first kappa shape index (κ1) is 21.6. The number of hydrogen-bond donors (Lipinski definition) is 3. The standard InChI is InChI=1S/C21H27ClN4O2/c1-16-9-10-19(18(22)15-16)26-20(27)11-13-25-21(23-2)24-12-6-14-28-17-7-4-3-5-8-17/h3-5,7-10,15H,6,11-14H2,1-2H3,(H,26,27)(H2,23,24,25). The molecule has 0 aliphatic rings. The molecule has 1 amide bonds. The number of benzene rings is 2. The van der Waals surface area contributed by atoms with Crippen molar-refractivity contribution in [2.24, 2.45) is 4.99 Å². The SMILES string of the molecule is CN=C(NCCCOc1ccccc1)NCCC(=O)Nc1ccc(C)cc1Cl. The van der Waals surface area contributed by atoms with E-state index in [1.165, 1.54) is 0 Å². The molecular weight excluding hydrogens is 376 g/mol. The van der Waals surface area contributed by atoms with Crippen LogP contribution in [0.2, 0.25) is 5.02 Å². The fourth-order valence-electron chi connectivity index (χ4n) is 2.43. The van der Waals surface area contributed by atoms with E-state index in [1.807, 2.05) is 49.4 Å². The molecule has 6 nitrogen and oxygen atoms in total. The predicted octanol–water partition coefficient (Wildman–Crippen LogP) is 3.61. The molecule has 0 radical (unpaired) electrons. The van der Waals surface area contributed by atoms with E-state index in [9.17, 15) is 4.79 Å². The lowest BCUT2D eigenvalue weighted by atomic mass is 10.2. The van der Waals surface area contributed by atoms with Gasteiger partial charge in [0.05, 0.1) is 17.3 Å². The van der Waals surface area contributed by atoms with Gasteiger partial charge in [-0.15, -0.1) is 0 Å². The van der Waals surface area contributed by atoms with Crippen LogP contribution in [0.15, 0.2) is 53.5 Å². The molecule has 0 atom stereocenters. The Morgan fingerprint density at radius 2 is 1.86 bits per heavy atom. The van der Waals surface area contributed by atoms with Crippen LogP contribution in [0.5, 0.6) is 5.75 Å².